The van der Waals surface area contributed by atoms with E-state index >= 15 is 0 Å². The molecule has 1 aromatic carbocycles. The minimum Gasteiger partial charge on any atom is -0.491 e. The van der Waals surface area contributed by atoms with E-state index in [1.807, 2.05) is 24.3 Å². The van der Waals surface area contributed by atoms with Crippen LogP contribution in [0.25, 0.3) is 0 Å². The van der Waals surface area contributed by atoms with Crippen LogP contribution >= 0.6 is 0 Å². The summed E-state index contributed by atoms with van der Waals surface area (Å²) in [4.78, 5) is 0. The van der Waals surface area contributed by atoms with Crippen LogP contribution in [0.4, 0.5) is 4.39 Å². The number of hydrogen-bond acceptors (Lipinski definition) is 3. The van der Waals surface area contributed by atoms with Crippen molar-refractivity contribution < 1.29 is 13.9 Å². The van der Waals surface area contributed by atoms with Crippen molar-refractivity contribution in [1.29, 1.82) is 0 Å². The first kappa shape index (κ1) is 13.3. The second-order valence-electron chi connectivity index (χ2n) is 4.58. The van der Waals surface area contributed by atoms with Gasteiger partial charge in [-0.2, -0.15) is 0 Å². The van der Waals surface area contributed by atoms with Crippen molar-refractivity contribution in [3.05, 3.63) is 29.8 Å². The van der Waals surface area contributed by atoms with Crippen LogP contribution in [0.2, 0.25) is 0 Å². The van der Waals surface area contributed by atoms with Crippen LogP contribution in [-0.4, -0.2) is 33.4 Å². The number of alkyl halides is 1. The molecule has 1 unspecified atom stereocenters. The predicted octanol–water partition coefficient (Wildman–Crippen LogP) is 2.26. The number of benzene rings is 1. The van der Waals surface area contributed by atoms with Gasteiger partial charge in [-0.05, 0) is 25.5 Å². The molecular weight excluding hydrogens is 233 g/mol. The SMILES string of the molecule is COCCOc1ccccc1C1(F)CCCNC1. The highest BCUT2D eigenvalue weighted by molar-refractivity contribution is 5.38. The summed E-state index contributed by atoms with van der Waals surface area (Å²) in [5.74, 6) is 0.626. The maximum Gasteiger partial charge on any atom is 0.151 e. The van der Waals surface area contributed by atoms with Crippen molar-refractivity contribution in [2.45, 2.75) is 18.5 Å². The first-order valence-electron chi connectivity index (χ1n) is 6.37. The van der Waals surface area contributed by atoms with Gasteiger partial charge in [-0.15, -0.1) is 0 Å². The second-order valence-corrected chi connectivity index (χ2v) is 4.58. The molecule has 1 saturated heterocycles. The van der Waals surface area contributed by atoms with Crippen molar-refractivity contribution in [2.75, 3.05) is 33.4 Å². The Hall–Kier alpha value is -1.13. The lowest BCUT2D eigenvalue weighted by Gasteiger charge is -2.31. The van der Waals surface area contributed by atoms with Crippen LogP contribution in [0.1, 0.15) is 18.4 Å². The van der Waals surface area contributed by atoms with Crippen molar-refractivity contribution in [1.82, 2.24) is 5.32 Å². The summed E-state index contributed by atoms with van der Waals surface area (Å²) < 4.78 is 25.4. The molecule has 0 amide bonds. The molecule has 1 aromatic rings. The number of piperidine rings is 1. The molecule has 4 heteroatoms. The average Bonchev–Trinajstić information content (AvgIpc) is 2.40. The summed E-state index contributed by atoms with van der Waals surface area (Å²) in [6, 6.07) is 7.36. The minimum absolute atomic E-state index is 0.359. The molecule has 18 heavy (non-hydrogen) atoms. The van der Waals surface area contributed by atoms with E-state index < -0.39 is 5.67 Å². The first-order chi connectivity index (χ1) is 8.76. The summed E-state index contributed by atoms with van der Waals surface area (Å²) in [5, 5.41) is 3.11. The lowest BCUT2D eigenvalue weighted by molar-refractivity contribution is 0.110. The molecule has 1 heterocycles. The van der Waals surface area contributed by atoms with Crippen LogP contribution in [-0.2, 0) is 10.4 Å². The third-order valence-corrected chi connectivity index (χ3v) is 3.25. The molecule has 100 valence electrons. The summed E-state index contributed by atoms with van der Waals surface area (Å²) in [7, 11) is 1.62. The average molecular weight is 253 g/mol. The van der Waals surface area contributed by atoms with E-state index in [2.05, 4.69) is 5.32 Å². The van der Waals surface area contributed by atoms with E-state index in [0.717, 1.165) is 13.0 Å². The van der Waals surface area contributed by atoms with Crippen molar-refractivity contribution in [2.24, 2.45) is 0 Å². The Morgan fingerprint density at radius 1 is 1.33 bits per heavy atom. The number of para-hydroxylation sites is 1. The second kappa shape index (κ2) is 6.16. The Morgan fingerprint density at radius 2 is 2.17 bits per heavy atom. The molecule has 0 aliphatic carbocycles. The van der Waals surface area contributed by atoms with Gasteiger partial charge in [0.15, 0.2) is 5.67 Å². The number of ether oxygens (including phenoxy) is 2. The zero-order valence-electron chi connectivity index (χ0n) is 10.7. The lowest BCUT2D eigenvalue weighted by atomic mass is 9.88. The molecule has 2 rings (SSSR count). The van der Waals surface area contributed by atoms with Gasteiger partial charge in [-0.1, -0.05) is 18.2 Å². The highest BCUT2D eigenvalue weighted by Gasteiger charge is 2.36. The fraction of sp³-hybridized carbons (Fsp3) is 0.571. The number of halogens is 1. The van der Waals surface area contributed by atoms with E-state index in [0.29, 0.717) is 37.5 Å². The van der Waals surface area contributed by atoms with Crippen molar-refractivity contribution in [3.8, 4) is 5.75 Å². The Morgan fingerprint density at radius 3 is 2.89 bits per heavy atom. The minimum atomic E-state index is -1.32. The molecule has 0 aromatic heterocycles. The van der Waals surface area contributed by atoms with Gasteiger partial charge in [0.05, 0.1) is 6.61 Å². The number of methoxy groups -OCH3 is 1. The van der Waals surface area contributed by atoms with Gasteiger partial charge in [0, 0.05) is 19.2 Å². The molecule has 0 spiro atoms. The number of nitrogens with one attached hydrogen (secondary N) is 1. The van der Waals surface area contributed by atoms with E-state index in [1.165, 1.54) is 0 Å². The summed E-state index contributed by atoms with van der Waals surface area (Å²) in [5.41, 5.74) is -0.671. The summed E-state index contributed by atoms with van der Waals surface area (Å²) in [6.45, 7) is 2.19. The molecule has 1 N–H and O–H groups in total. The quantitative estimate of drug-likeness (QED) is 0.816. The van der Waals surface area contributed by atoms with Gasteiger partial charge in [0.2, 0.25) is 0 Å². The van der Waals surface area contributed by atoms with E-state index in [-0.39, 0.29) is 0 Å². The van der Waals surface area contributed by atoms with Crippen LogP contribution in [0.3, 0.4) is 0 Å². The monoisotopic (exact) mass is 253 g/mol. The zero-order chi connectivity index (χ0) is 12.8. The van der Waals surface area contributed by atoms with Gasteiger partial charge < -0.3 is 14.8 Å². The van der Waals surface area contributed by atoms with Gasteiger partial charge >= 0.3 is 0 Å². The van der Waals surface area contributed by atoms with Gasteiger partial charge in [0.25, 0.3) is 0 Å². The first-order valence-corrected chi connectivity index (χ1v) is 6.37. The van der Waals surface area contributed by atoms with Crippen LogP contribution < -0.4 is 10.1 Å². The maximum absolute atomic E-state index is 14.9. The summed E-state index contributed by atoms with van der Waals surface area (Å²) in [6.07, 6.45) is 1.40. The standard InChI is InChI=1S/C14H20FNO2/c1-17-9-10-18-13-6-3-2-5-12(13)14(15)7-4-8-16-11-14/h2-3,5-6,16H,4,7-11H2,1H3. The molecule has 0 radical (unpaired) electrons. The van der Waals surface area contributed by atoms with Crippen LogP contribution in [0.5, 0.6) is 5.75 Å². The molecule has 3 nitrogen and oxygen atoms in total. The Bertz CT molecular complexity index is 378. The van der Waals surface area contributed by atoms with Gasteiger partial charge in [0.1, 0.15) is 12.4 Å². The molecular formula is C14H20FNO2. The normalized spacial score (nSPS) is 23.9. The predicted molar refractivity (Wildman–Crippen MR) is 68.7 cm³/mol. The largest absolute Gasteiger partial charge is 0.491 e. The molecule has 0 bridgehead atoms. The van der Waals surface area contributed by atoms with Crippen LogP contribution in [0.15, 0.2) is 24.3 Å². The lowest BCUT2D eigenvalue weighted by Crippen LogP contribution is -2.40. The van der Waals surface area contributed by atoms with E-state index in [9.17, 15) is 4.39 Å². The molecule has 1 fully saturated rings. The van der Waals surface area contributed by atoms with Crippen molar-refractivity contribution >= 4 is 0 Å². The van der Waals surface area contributed by atoms with Gasteiger partial charge in [-0.3, -0.25) is 0 Å². The number of hydrogen-bond donors (Lipinski definition) is 1. The Labute approximate surface area is 107 Å². The van der Waals surface area contributed by atoms with Crippen molar-refractivity contribution in [3.63, 3.8) is 0 Å². The molecule has 1 aliphatic heterocycles. The third kappa shape index (κ3) is 3.00. The molecule has 1 atom stereocenters. The third-order valence-electron chi connectivity index (χ3n) is 3.25. The molecule has 0 saturated carbocycles. The molecule has 1 aliphatic rings. The highest BCUT2D eigenvalue weighted by atomic mass is 19.1. The van der Waals surface area contributed by atoms with Crippen LogP contribution in [0, 0.1) is 0 Å². The topological polar surface area (TPSA) is 30.5 Å². The Balaban J connectivity index is 2.15. The van der Waals surface area contributed by atoms with Gasteiger partial charge in [-0.25, -0.2) is 4.39 Å². The van der Waals surface area contributed by atoms with E-state index in [4.69, 9.17) is 9.47 Å². The highest BCUT2D eigenvalue weighted by Crippen LogP contribution is 2.38. The summed E-state index contributed by atoms with van der Waals surface area (Å²) >= 11 is 0. The maximum atomic E-state index is 14.9. The fourth-order valence-electron chi connectivity index (χ4n) is 2.30. The Kier molecular flexibility index (Phi) is 4.55. The van der Waals surface area contributed by atoms with E-state index in [1.54, 1.807) is 7.11 Å². The smallest absolute Gasteiger partial charge is 0.151 e. The fourth-order valence-corrected chi connectivity index (χ4v) is 2.30. The number of rotatable bonds is 5. The zero-order valence-corrected chi connectivity index (χ0v) is 10.7.